The van der Waals surface area contributed by atoms with Crippen LogP contribution in [0.25, 0.3) is 0 Å². The van der Waals surface area contributed by atoms with E-state index < -0.39 is 23.7 Å². The van der Waals surface area contributed by atoms with E-state index in [-0.39, 0.29) is 6.42 Å². The Morgan fingerprint density at radius 3 is 2.61 bits per heavy atom. The molecule has 0 fully saturated rings. The number of hydrogen-bond donors (Lipinski definition) is 2. The van der Waals surface area contributed by atoms with E-state index in [4.69, 9.17) is 14.3 Å². The predicted molar refractivity (Wildman–Crippen MR) is 63.2 cm³/mol. The Morgan fingerprint density at radius 1 is 1.50 bits per heavy atom. The summed E-state index contributed by atoms with van der Waals surface area (Å²) in [4.78, 5) is 22.5. The van der Waals surface area contributed by atoms with Crippen LogP contribution in [-0.2, 0) is 16.0 Å². The molecule has 1 amide bonds. The fraction of sp³-hybridized carbons (Fsp3) is 0.500. The molecule has 1 atom stereocenters. The molecule has 6 nitrogen and oxygen atoms in total. The number of furan rings is 1. The molecule has 1 rings (SSSR count). The van der Waals surface area contributed by atoms with Gasteiger partial charge in [0.25, 0.3) is 0 Å². The highest BCUT2D eigenvalue weighted by atomic mass is 16.6. The van der Waals surface area contributed by atoms with Crippen molar-refractivity contribution in [3.8, 4) is 0 Å². The summed E-state index contributed by atoms with van der Waals surface area (Å²) in [5.74, 6) is -0.657. The van der Waals surface area contributed by atoms with Gasteiger partial charge < -0.3 is 19.6 Å². The van der Waals surface area contributed by atoms with Gasteiger partial charge in [-0.1, -0.05) is 0 Å². The van der Waals surface area contributed by atoms with Crippen LogP contribution >= 0.6 is 0 Å². The highest BCUT2D eigenvalue weighted by molar-refractivity contribution is 5.80. The lowest BCUT2D eigenvalue weighted by Crippen LogP contribution is -2.44. The standard InChI is InChI=1S/C12H17NO5/c1-12(2,3)18-11(16)13-9(10(14)15)7-8-5-4-6-17-8/h4-6,9H,7H2,1-3H3,(H,13,16)(H,14,15). The van der Waals surface area contributed by atoms with Crippen LogP contribution in [0, 0.1) is 0 Å². The van der Waals surface area contributed by atoms with Crippen LogP contribution in [0.3, 0.4) is 0 Å². The Kier molecular flexibility index (Phi) is 4.36. The lowest BCUT2D eigenvalue weighted by molar-refractivity contribution is -0.139. The summed E-state index contributed by atoms with van der Waals surface area (Å²) in [5, 5.41) is 11.3. The number of carbonyl (C=O) groups excluding carboxylic acids is 1. The number of aliphatic carboxylic acids is 1. The zero-order chi connectivity index (χ0) is 13.8. The van der Waals surface area contributed by atoms with Gasteiger partial charge in [0.05, 0.1) is 6.26 Å². The van der Waals surface area contributed by atoms with Gasteiger partial charge in [-0.3, -0.25) is 0 Å². The molecule has 2 N–H and O–H groups in total. The van der Waals surface area contributed by atoms with Crippen molar-refractivity contribution in [3.05, 3.63) is 24.2 Å². The van der Waals surface area contributed by atoms with Crippen molar-refractivity contribution in [2.45, 2.75) is 38.8 Å². The second kappa shape index (κ2) is 5.57. The van der Waals surface area contributed by atoms with Crippen molar-refractivity contribution in [2.24, 2.45) is 0 Å². The molecule has 18 heavy (non-hydrogen) atoms. The highest BCUT2D eigenvalue weighted by Gasteiger charge is 2.24. The molecule has 0 aliphatic rings. The largest absolute Gasteiger partial charge is 0.480 e. The van der Waals surface area contributed by atoms with E-state index in [0.717, 1.165) is 0 Å². The lowest BCUT2D eigenvalue weighted by Gasteiger charge is -2.21. The van der Waals surface area contributed by atoms with Crippen LogP contribution in [0.1, 0.15) is 26.5 Å². The topological polar surface area (TPSA) is 88.8 Å². The molecule has 1 unspecified atom stereocenters. The third-order valence-corrected chi connectivity index (χ3v) is 1.97. The fourth-order valence-electron chi connectivity index (χ4n) is 1.28. The van der Waals surface area contributed by atoms with Gasteiger partial charge in [0.1, 0.15) is 17.4 Å². The molecule has 0 aliphatic carbocycles. The summed E-state index contributed by atoms with van der Waals surface area (Å²) in [6, 6.07) is 2.22. The van der Waals surface area contributed by atoms with E-state index in [2.05, 4.69) is 5.32 Å². The zero-order valence-corrected chi connectivity index (χ0v) is 10.6. The Morgan fingerprint density at radius 2 is 2.17 bits per heavy atom. The van der Waals surface area contributed by atoms with Gasteiger partial charge in [-0.25, -0.2) is 9.59 Å². The molecule has 0 saturated carbocycles. The third kappa shape index (κ3) is 4.90. The maximum Gasteiger partial charge on any atom is 0.408 e. The number of rotatable bonds is 4. The third-order valence-electron chi connectivity index (χ3n) is 1.97. The van der Waals surface area contributed by atoms with Crippen LogP contribution in [0.2, 0.25) is 0 Å². The quantitative estimate of drug-likeness (QED) is 0.856. The van der Waals surface area contributed by atoms with Crippen LogP contribution in [0.5, 0.6) is 0 Å². The first-order valence-electron chi connectivity index (χ1n) is 5.52. The van der Waals surface area contributed by atoms with Crippen molar-refractivity contribution < 1.29 is 23.8 Å². The number of carboxylic acid groups (broad SMARTS) is 1. The van der Waals surface area contributed by atoms with Gasteiger partial charge >= 0.3 is 12.1 Å². The summed E-state index contributed by atoms with van der Waals surface area (Å²) in [6.07, 6.45) is 0.755. The first kappa shape index (κ1) is 14.1. The lowest BCUT2D eigenvalue weighted by atomic mass is 10.1. The van der Waals surface area contributed by atoms with Crippen LogP contribution in [0.15, 0.2) is 22.8 Å². The summed E-state index contributed by atoms with van der Waals surface area (Å²) in [6.45, 7) is 5.11. The second-order valence-electron chi connectivity index (χ2n) is 4.82. The molecule has 6 heteroatoms. The van der Waals surface area contributed by atoms with E-state index in [1.165, 1.54) is 6.26 Å². The minimum absolute atomic E-state index is 0.0710. The molecule has 1 aromatic rings. The number of carboxylic acids is 1. The first-order valence-corrected chi connectivity index (χ1v) is 5.52. The molecule has 0 aromatic carbocycles. The molecule has 100 valence electrons. The molecule has 1 aromatic heterocycles. The number of nitrogens with one attached hydrogen (secondary N) is 1. The molecular weight excluding hydrogens is 238 g/mol. The van der Waals surface area contributed by atoms with Crippen molar-refractivity contribution in [1.82, 2.24) is 5.32 Å². The van der Waals surface area contributed by atoms with E-state index in [0.29, 0.717) is 5.76 Å². The Balaban J connectivity index is 2.58. The first-order chi connectivity index (χ1) is 8.28. The van der Waals surface area contributed by atoms with Gasteiger partial charge in [-0.15, -0.1) is 0 Å². The smallest absolute Gasteiger partial charge is 0.408 e. The molecule has 0 spiro atoms. The number of ether oxygens (including phenoxy) is 1. The average Bonchev–Trinajstić information content (AvgIpc) is 2.66. The summed E-state index contributed by atoms with van der Waals surface area (Å²) >= 11 is 0. The van der Waals surface area contributed by atoms with E-state index >= 15 is 0 Å². The predicted octanol–water partition coefficient (Wildman–Crippen LogP) is 1.80. The van der Waals surface area contributed by atoms with Gasteiger partial charge in [-0.2, -0.15) is 0 Å². The van der Waals surface area contributed by atoms with Gasteiger partial charge in [-0.05, 0) is 32.9 Å². The number of hydrogen-bond acceptors (Lipinski definition) is 4. The Labute approximate surface area is 105 Å². The van der Waals surface area contributed by atoms with E-state index in [9.17, 15) is 9.59 Å². The Hall–Kier alpha value is -1.98. The molecular formula is C12H17NO5. The second-order valence-corrected chi connectivity index (χ2v) is 4.82. The van der Waals surface area contributed by atoms with Crippen LogP contribution in [-0.4, -0.2) is 28.8 Å². The fourth-order valence-corrected chi connectivity index (χ4v) is 1.28. The van der Waals surface area contributed by atoms with Crippen LogP contribution < -0.4 is 5.32 Å². The summed E-state index contributed by atoms with van der Waals surface area (Å²) < 4.78 is 10.0. The number of amides is 1. The molecule has 0 radical (unpaired) electrons. The zero-order valence-electron chi connectivity index (χ0n) is 10.6. The minimum Gasteiger partial charge on any atom is -0.480 e. The van der Waals surface area contributed by atoms with Crippen molar-refractivity contribution >= 4 is 12.1 Å². The number of carbonyl (C=O) groups is 2. The SMILES string of the molecule is CC(C)(C)OC(=O)NC(Cc1ccco1)C(=O)O. The normalized spacial score (nSPS) is 12.8. The molecule has 0 aliphatic heterocycles. The Bertz CT molecular complexity index is 405. The van der Waals surface area contributed by atoms with Crippen molar-refractivity contribution in [1.29, 1.82) is 0 Å². The van der Waals surface area contributed by atoms with Crippen molar-refractivity contribution in [3.63, 3.8) is 0 Å². The monoisotopic (exact) mass is 255 g/mol. The van der Waals surface area contributed by atoms with Crippen molar-refractivity contribution in [2.75, 3.05) is 0 Å². The van der Waals surface area contributed by atoms with Gasteiger partial charge in [0.2, 0.25) is 0 Å². The van der Waals surface area contributed by atoms with E-state index in [1.54, 1.807) is 32.9 Å². The maximum absolute atomic E-state index is 11.5. The minimum atomic E-state index is -1.14. The number of alkyl carbamates (subject to hydrolysis) is 1. The summed E-state index contributed by atoms with van der Waals surface area (Å²) in [5.41, 5.74) is -0.669. The van der Waals surface area contributed by atoms with E-state index in [1.807, 2.05) is 0 Å². The molecule has 1 heterocycles. The van der Waals surface area contributed by atoms with Crippen LogP contribution in [0.4, 0.5) is 4.79 Å². The highest BCUT2D eigenvalue weighted by Crippen LogP contribution is 2.08. The maximum atomic E-state index is 11.5. The average molecular weight is 255 g/mol. The van der Waals surface area contributed by atoms with Gasteiger partial charge in [0, 0.05) is 6.42 Å². The van der Waals surface area contributed by atoms with Gasteiger partial charge in [0.15, 0.2) is 0 Å². The molecule has 0 saturated heterocycles. The summed E-state index contributed by atoms with van der Waals surface area (Å²) in [7, 11) is 0. The molecule has 0 bridgehead atoms.